The number of benzene rings is 1. The van der Waals surface area contributed by atoms with Crippen LogP contribution in [0.5, 0.6) is 5.75 Å². The molecule has 1 heterocycles. The predicted molar refractivity (Wildman–Crippen MR) is 82.6 cm³/mol. The molecule has 21 heavy (non-hydrogen) atoms. The summed E-state index contributed by atoms with van der Waals surface area (Å²) in [6.45, 7) is 0.460. The molecule has 1 aromatic rings. The lowest BCUT2D eigenvalue weighted by Gasteiger charge is -2.24. The molecule has 0 aliphatic carbocycles. The molecular weight excluding hydrogens is 314 g/mol. The van der Waals surface area contributed by atoms with Gasteiger partial charge in [0.2, 0.25) is 0 Å². The molecule has 1 fully saturated rings. The van der Waals surface area contributed by atoms with E-state index in [1.807, 2.05) is 0 Å². The second-order valence-corrected chi connectivity index (χ2v) is 7.95. The van der Waals surface area contributed by atoms with Crippen LogP contribution in [-0.2, 0) is 9.84 Å². The summed E-state index contributed by atoms with van der Waals surface area (Å²) in [5.41, 5.74) is 0. The fourth-order valence-corrected chi connectivity index (χ4v) is 4.07. The van der Waals surface area contributed by atoms with Crippen molar-refractivity contribution in [2.75, 3.05) is 24.7 Å². The fourth-order valence-electron chi connectivity index (χ4n) is 2.27. The molecule has 0 saturated carbocycles. The Morgan fingerprint density at radius 1 is 1.38 bits per heavy atom. The van der Waals surface area contributed by atoms with Crippen molar-refractivity contribution in [2.45, 2.75) is 25.0 Å². The minimum Gasteiger partial charge on any atom is -0.491 e. The van der Waals surface area contributed by atoms with Crippen molar-refractivity contribution in [3.63, 3.8) is 0 Å². The zero-order valence-electron chi connectivity index (χ0n) is 11.7. The first kappa shape index (κ1) is 16.5. The first-order chi connectivity index (χ1) is 9.94. The van der Waals surface area contributed by atoms with E-state index < -0.39 is 15.9 Å². The summed E-state index contributed by atoms with van der Waals surface area (Å²) in [5, 5.41) is 13.6. The van der Waals surface area contributed by atoms with E-state index in [-0.39, 0.29) is 24.2 Å². The lowest BCUT2D eigenvalue weighted by atomic mass is 10.2. The molecule has 2 rings (SSSR count). The second-order valence-electron chi connectivity index (χ2n) is 5.28. The van der Waals surface area contributed by atoms with E-state index in [0.717, 1.165) is 6.42 Å². The molecule has 0 amide bonds. The molecule has 2 unspecified atom stereocenters. The van der Waals surface area contributed by atoms with Crippen LogP contribution in [0.15, 0.2) is 24.3 Å². The van der Waals surface area contributed by atoms with Gasteiger partial charge in [0.05, 0.1) is 11.5 Å². The first-order valence-electron chi connectivity index (χ1n) is 6.95. The van der Waals surface area contributed by atoms with Crippen molar-refractivity contribution in [3.8, 4) is 5.75 Å². The Morgan fingerprint density at radius 3 is 2.76 bits per heavy atom. The predicted octanol–water partition coefficient (Wildman–Crippen LogP) is 1.25. The van der Waals surface area contributed by atoms with Crippen molar-refractivity contribution < 1.29 is 18.3 Å². The molecule has 7 heteroatoms. The van der Waals surface area contributed by atoms with Crippen LogP contribution >= 0.6 is 11.6 Å². The number of aliphatic hydroxyl groups excluding tert-OH is 1. The molecule has 2 N–H and O–H groups in total. The van der Waals surface area contributed by atoms with E-state index in [1.54, 1.807) is 24.3 Å². The van der Waals surface area contributed by atoms with Gasteiger partial charge in [0, 0.05) is 17.6 Å². The van der Waals surface area contributed by atoms with Gasteiger partial charge in [-0.1, -0.05) is 11.6 Å². The molecule has 0 aromatic heterocycles. The summed E-state index contributed by atoms with van der Waals surface area (Å²) >= 11 is 5.77. The van der Waals surface area contributed by atoms with Crippen LogP contribution in [0, 0.1) is 0 Å². The molecule has 1 aromatic carbocycles. The molecule has 1 aliphatic heterocycles. The van der Waals surface area contributed by atoms with Gasteiger partial charge in [0.25, 0.3) is 0 Å². The van der Waals surface area contributed by atoms with Crippen LogP contribution in [-0.4, -0.2) is 50.3 Å². The van der Waals surface area contributed by atoms with Gasteiger partial charge >= 0.3 is 0 Å². The van der Waals surface area contributed by atoms with Crippen LogP contribution in [0.1, 0.15) is 12.8 Å². The number of nitrogens with one attached hydrogen (secondary N) is 1. The van der Waals surface area contributed by atoms with Crippen LogP contribution < -0.4 is 10.1 Å². The minimum atomic E-state index is -2.93. The molecule has 1 aliphatic rings. The highest BCUT2D eigenvalue weighted by Crippen LogP contribution is 2.15. The molecule has 0 spiro atoms. The van der Waals surface area contributed by atoms with Crippen molar-refractivity contribution in [2.24, 2.45) is 0 Å². The number of hydrogen-bond donors (Lipinski definition) is 2. The van der Waals surface area contributed by atoms with E-state index in [1.165, 1.54) is 0 Å². The van der Waals surface area contributed by atoms with Crippen molar-refractivity contribution in [3.05, 3.63) is 29.3 Å². The first-order valence-corrected chi connectivity index (χ1v) is 9.15. The van der Waals surface area contributed by atoms with Gasteiger partial charge in [0.15, 0.2) is 9.84 Å². The lowest BCUT2D eigenvalue weighted by Crippen LogP contribution is -2.44. The van der Waals surface area contributed by atoms with Gasteiger partial charge in [-0.15, -0.1) is 0 Å². The molecule has 2 atom stereocenters. The molecule has 0 radical (unpaired) electrons. The lowest BCUT2D eigenvalue weighted by molar-refractivity contribution is 0.104. The van der Waals surface area contributed by atoms with E-state index in [2.05, 4.69) is 5.32 Å². The van der Waals surface area contributed by atoms with Crippen molar-refractivity contribution in [1.29, 1.82) is 0 Å². The summed E-state index contributed by atoms with van der Waals surface area (Å²) < 4.78 is 28.4. The number of halogens is 1. The van der Waals surface area contributed by atoms with E-state index >= 15 is 0 Å². The normalized spacial score (nSPS) is 22.7. The van der Waals surface area contributed by atoms with Gasteiger partial charge in [-0.05, 0) is 37.1 Å². The van der Waals surface area contributed by atoms with Gasteiger partial charge in [-0.25, -0.2) is 8.42 Å². The number of sulfone groups is 1. The number of aliphatic hydroxyl groups is 1. The average Bonchev–Trinajstić information content (AvgIpc) is 2.43. The summed E-state index contributed by atoms with van der Waals surface area (Å²) in [4.78, 5) is 0. The SMILES string of the molecule is O=S1(=O)CCCC(NCC(O)COc2ccc(Cl)cc2)C1. The van der Waals surface area contributed by atoms with Gasteiger partial charge in [-0.3, -0.25) is 0 Å². The smallest absolute Gasteiger partial charge is 0.151 e. The Labute approximate surface area is 130 Å². The molecule has 0 bridgehead atoms. The maximum Gasteiger partial charge on any atom is 0.151 e. The van der Waals surface area contributed by atoms with Gasteiger partial charge < -0.3 is 15.2 Å². The van der Waals surface area contributed by atoms with Crippen molar-refractivity contribution >= 4 is 21.4 Å². The van der Waals surface area contributed by atoms with E-state index in [0.29, 0.717) is 23.7 Å². The third kappa shape index (κ3) is 5.82. The van der Waals surface area contributed by atoms with Crippen LogP contribution in [0.25, 0.3) is 0 Å². The van der Waals surface area contributed by atoms with Gasteiger partial charge in [0.1, 0.15) is 18.5 Å². The highest BCUT2D eigenvalue weighted by Gasteiger charge is 2.24. The largest absolute Gasteiger partial charge is 0.491 e. The maximum atomic E-state index is 11.5. The summed E-state index contributed by atoms with van der Waals surface area (Å²) in [7, 11) is -2.93. The Balaban J connectivity index is 1.70. The maximum absolute atomic E-state index is 11.5. The topological polar surface area (TPSA) is 75.6 Å². The molecular formula is C14H20ClNO4S. The van der Waals surface area contributed by atoms with Crippen LogP contribution in [0.2, 0.25) is 5.02 Å². The zero-order valence-corrected chi connectivity index (χ0v) is 13.2. The summed E-state index contributed by atoms with van der Waals surface area (Å²) in [6, 6.07) is 6.82. The quantitative estimate of drug-likeness (QED) is 0.819. The van der Waals surface area contributed by atoms with Crippen molar-refractivity contribution in [1.82, 2.24) is 5.32 Å². The molecule has 5 nitrogen and oxygen atoms in total. The molecule has 1 saturated heterocycles. The van der Waals surface area contributed by atoms with E-state index in [4.69, 9.17) is 16.3 Å². The Morgan fingerprint density at radius 2 is 2.10 bits per heavy atom. The number of rotatable bonds is 6. The second kappa shape index (κ2) is 7.45. The third-order valence-corrected chi connectivity index (χ3v) is 5.43. The van der Waals surface area contributed by atoms with Crippen LogP contribution in [0.4, 0.5) is 0 Å². The third-order valence-electron chi connectivity index (χ3n) is 3.36. The fraction of sp³-hybridized carbons (Fsp3) is 0.571. The van der Waals surface area contributed by atoms with Gasteiger partial charge in [-0.2, -0.15) is 0 Å². The van der Waals surface area contributed by atoms with E-state index in [9.17, 15) is 13.5 Å². The summed E-state index contributed by atoms with van der Waals surface area (Å²) in [6.07, 6.45) is 0.812. The Kier molecular flexibility index (Phi) is 5.87. The Bertz CT molecular complexity index is 547. The monoisotopic (exact) mass is 333 g/mol. The number of hydrogen-bond acceptors (Lipinski definition) is 5. The Hall–Kier alpha value is -0.820. The standard InChI is InChI=1S/C14H20ClNO4S/c15-11-3-5-14(6-4-11)20-9-13(17)8-16-12-2-1-7-21(18,19)10-12/h3-6,12-13,16-17H,1-2,7-10H2. The van der Waals surface area contributed by atoms with Crippen LogP contribution in [0.3, 0.4) is 0 Å². The average molecular weight is 334 g/mol. The zero-order chi connectivity index (χ0) is 15.3. The highest BCUT2D eigenvalue weighted by molar-refractivity contribution is 7.91. The minimum absolute atomic E-state index is 0.0751. The summed E-state index contributed by atoms with van der Waals surface area (Å²) in [5.74, 6) is 1.06. The number of ether oxygens (including phenoxy) is 1. The highest BCUT2D eigenvalue weighted by atomic mass is 35.5. The molecule has 118 valence electrons.